The Balaban J connectivity index is 2.43. The Morgan fingerprint density at radius 1 is 1.50 bits per heavy atom. The minimum atomic E-state index is -1.37. The average Bonchev–Trinajstić information content (AvgIpc) is 2.69. The van der Waals surface area contributed by atoms with Gasteiger partial charge in [-0.2, -0.15) is 0 Å². The van der Waals surface area contributed by atoms with Crippen LogP contribution in [-0.4, -0.2) is 23.2 Å². The van der Waals surface area contributed by atoms with Gasteiger partial charge in [0.25, 0.3) is 0 Å². The molecule has 0 fully saturated rings. The quantitative estimate of drug-likeness (QED) is 0.758. The van der Waals surface area contributed by atoms with Crippen LogP contribution in [0.3, 0.4) is 0 Å². The number of methoxy groups -OCH3 is 1. The Kier molecular flexibility index (Phi) is 2.62. The normalized spacial score (nSPS) is 12.7. The summed E-state index contributed by atoms with van der Waals surface area (Å²) in [5.41, 5.74) is 0.937. The zero-order valence-electron chi connectivity index (χ0n) is 8.53. The van der Waals surface area contributed by atoms with Gasteiger partial charge in [-0.1, -0.05) is 0 Å². The standard InChI is InChI=1S/C11H10FNO3/c1-16-11(15)10(14)9-5-6-4-7(12)2-3-8(6)13-9/h2-5,10,13-14H,1H3. The van der Waals surface area contributed by atoms with Gasteiger partial charge in [0.2, 0.25) is 0 Å². The van der Waals surface area contributed by atoms with Gasteiger partial charge in [-0.3, -0.25) is 0 Å². The number of ether oxygens (including phenoxy) is 1. The molecule has 0 amide bonds. The fraction of sp³-hybridized carbons (Fsp3) is 0.182. The fourth-order valence-corrected chi connectivity index (χ4v) is 1.51. The van der Waals surface area contributed by atoms with Crippen LogP contribution in [0.5, 0.6) is 0 Å². The van der Waals surface area contributed by atoms with Gasteiger partial charge in [0, 0.05) is 10.9 Å². The third kappa shape index (κ3) is 1.77. The maximum Gasteiger partial charge on any atom is 0.340 e. The number of hydrogen-bond acceptors (Lipinski definition) is 3. The summed E-state index contributed by atoms with van der Waals surface area (Å²) in [5.74, 6) is -1.13. The number of aromatic amines is 1. The van der Waals surface area contributed by atoms with Crippen LogP contribution in [0.15, 0.2) is 24.3 Å². The lowest BCUT2D eigenvalue weighted by molar-refractivity contribution is -0.150. The first kappa shape index (κ1) is 10.6. The van der Waals surface area contributed by atoms with Gasteiger partial charge in [-0.25, -0.2) is 9.18 Å². The molecule has 0 aliphatic heterocycles. The third-order valence-corrected chi connectivity index (χ3v) is 2.32. The molecule has 4 nitrogen and oxygen atoms in total. The van der Waals surface area contributed by atoms with Crippen molar-refractivity contribution in [3.63, 3.8) is 0 Å². The molecule has 1 atom stereocenters. The summed E-state index contributed by atoms with van der Waals surface area (Å²) in [6.07, 6.45) is -1.37. The highest BCUT2D eigenvalue weighted by molar-refractivity contribution is 5.83. The Hall–Kier alpha value is -1.88. The summed E-state index contributed by atoms with van der Waals surface area (Å²) in [6, 6.07) is 5.67. The lowest BCUT2D eigenvalue weighted by Crippen LogP contribution is -2.13. The van der Waals surface area contributed by atoms with E-state index < -0.39 is 12.1 Å². The summed E-state index contributed by atoms with van der Waals surface area (Å²) in [7, 11) is 1.19. The topological polar surface area (TPSA) is 62.3 Å². The summed E-state index contributed by atoms with van der Waals surface area (Å²) >= 11 is 0. The minimum absolute atomic E-state index is 0.285. The molecule has 0 aliphatic carbocycles. The first-order chi connectivity index (χ1) is 7.61. The van der Waals surface area contributed by atoms with E-state index in [2.05, 4.69) is 9.72 Å². The molecule has 1 aromatic carbocycles. The molecule has 0 spiro atoms. The van der Waals surface area contributed by atoms with Crippen LogP contribution in [0.25, 0.3) is 10.9 Å². The predicted molar refractivity (Wildman–Crippen MR) is 55.2 cm³/mol. The van der Waals surface area contributed by atoms with Crippen LogP contribution in [0, 0.1) is 5.82 Å². The molecule has 0 aliphatic rings. The second kappa shape index (κ2) is 3.94. The molecule has 1 aromatic heterocycles. The largest absolute Gasteiger partial charge is 0.467 e. The van der Waals surface area contributed by atoms with E-state index in [4.69, 9.17) is 0 Å². The number of rotatable bonds is 2. The lowest BCUT2D eigenvalue weighted by atomic mass is 10.2. The zero-order valence-corrected chi connectivity index (χ0v) is 8.53. The van der Waals surface area contributed by atoms with E-state index in [-0.39, 0.29) is 11.5 Å². The molecule has 0 saturated heterocycles. The zero-order chi connectivity index (χ0) is 11.7. The second-order valence-electron chi connectivity index (χ2n) is 3.38. The van der Waals surface area contributed by atoms with E-state index in [0.29, 0.717) is 10.9 Å². The van der Waals surface area contributed by atoms with Gasteiger partial charge in [0.1, 0.15) is 5.82 Å². The molecule has 0 bridgehead atoms. The highest BCUT2D eigenvalue weighted by Gasteiger charge is 2.19. The number of H-pyrrole nitrogens is 1. The number of nitrogens with one attached hydrogen (secondary N) is 1. The monoisotopic (exact) mass is 223 g/mol. The minimum Gasteiger partial charge on any atom is -0.467 e. The Morgan fingerprint density at radius 3 is 2.94 bits per heavy atom. The van der Waals surface area contributed by atoms with Crippen molar-refractivity contribution < 1.29 is 19.0 Å². The number of fused-ring (bicyclic) bond motifs is 1. The van der Waals surface area contributed by atoms with E-state index >= 15 is 0 Å². The summed E-state index contributed by atoms with van der Waals surface area (Å²) in [4.78, 5) is 13.9. The fourth-order valence-electron chi connectivity index (χ4n) is 1.51. The first-order valence-corrected chi connectivity index (χ1v) is 4.66. The van der Waals surface area contributed by atoms with Crippen molar-refractivity contribution in [3.8, 4) is 0 Å². The highest BCUT2D eigenvalue weighted by Crippen LogP contribution is 2.21. The molecular formula is C11H10FNO3. The van der Waals surface area contributed by atoms with Crippen molar-refractivity contribution in [3.05, 3.63) is 35.8 Å². The second-order valence-corrected chi connectivity index (χ2v) is 3.38. The summed E-state index contributed by atoms with van der Waals surface area (Å²) in [5, 5.41) is 10.2. The molecular weight excluding hydrogens is 213 g/mol. The van der Waals surface area contributed by atoms with E-state index in [1.807, 2.05) is 0 Å². The number of halogens is 1. The Morgan fingerprint density at radius 2 is 2.25 bits per heavy atom. The summed E-state index contributed by atoms with van der Waals surface area (Å²) < 4.78 is 17.3. The number of carbonyl (C=O) groups excluding carboxylic acids is 1. The molecule has 1 heterocycles. The Labute approximate surface area is 90.7 Å². The van der Waals surface area contributed by atoms with Crippen molar-refractivity contribution in [2.45, 2.75) is 6.10 Å². The van der Waals surface area contributed by atoms with E-state index in [1.54, 1.807) is 0 Å². The van der Waals surface area contributed by atoms with Crippen LogP contribution in [-0.2, 0) is 9.53 Å². The van der Waals surface area contributed by atoms with E-state index in [1.165, 1.54) is 31.4 Å². The van der Waals surface area contributed by atoms with Crippen molar-refractivity contribution in [1.29, 1.82) is 0 Å². The number of aliphatic hydroxyl groups excluding tert-OH is 1. The van der Waals surface area contributed by atoms with Crippen molar-refractivity contribution >= 4 is 16.9 Å². The molecule has 2 N–H and O–H groups in total. The van der Waals surface area contributed by atoms with Gasteiger partial charge in [0.15, 0.2) is 6.10 Å². The van der Waals surface area contributed by atoms with Crippen LogP contribution in [0.4, 0.5) is 4.39 Å². The van der Waals surface area contributed by atoms with Crippen LogP contribution in [0.2, 0.25) is 0 Å². The lowest BCUT2D eigenvalue weighted by Gasteiger charge is -2.04. The number of esters is 1. The number of benzene rings is 1. The molecule has 16 heavy (non-hydrogen) atoms. The van der Waals surface area contributed by atoms with E-state index in [0.717, 1.165) is 0 Å². The molecule has 2 rings (SSSR count). The van der Waals surface area contributed by atoms with Crippen molar-refractivity contribution in [1.82, 2.24) is 4.98 Å². The van der Waals surface area contributed by atoms with Gasteiger partial charge < -0.3 is 14.8 Å². The molecule has 84 valence electrons. The van der Waals surface area contributed by atoms with Gasteiger partial charge in [-0.15, -0.1) is 0 Å². The molecule has 1 unspecified atom stereocenters. The Bertz CT molecular complexity index is 535. The van der Waals surface area contributed by atoms with Gasteiger partial charge in [-0.05, 0) is 24.3 Å². The van der Waals surface area contributed by atoms with Crippen LogP contribution < -0.4 is 0 Å². The number of hydrogen-bond donors (Lipinski definition) is 2. The third-order valence-electron chi connectivity index (χ3n) is 2.32. The van der Waals surface area contributed by atoms with Crippen LogP contribution in [0.1, 0.15) is 11.8 Å². The number of aromatic nitrogens is 1. The molecule has 2 aromatic rings. The maximum atomic E-state index is 12.9. The van der Waals surface area contributed by atoms with Gasteiger partial charge >= 0.3 is 5.97 Å². The number of carbonyl (C=O) groups is 1. The maximum absolute atomic E-state index is 12.9. The van der Waals surface area contributed by atoms with Crippen molar-refractivity contribution in [2.24, 2.45) is 0 Å². The number of aliphatic hydroxyl groups is 1. The van der Waals surface area contributed by atoms with Crippen LogP contribution >= 0.6 is 0 Å². The van der Waals surface area contributed by atoms with Crippen molar-refractivity contribution in [2.75, 3.05) is 7.11 Å². The molecule has 5 heteroatoms. The smallest absolute Gasteiger partial charge is 0.340 e. The molecule has 0 radical (unpaired) electrons. The summed E-state index contributed by atoms with van der Waals surface area (Å²) in [6.45, 7) is 0. The van der Waals surface area contributed by atoms with E-state index in [9.17, 15) is 14.3 Å². The van der Waals surface area contributed by atoms with Gasteiger partial charge in [0.05, 0.1) is 12.8 Å². The first-order valence-electron chi connectivity index (χ1n) is 4.66. The SMILES string of the molecule is COC(=O)C(O)c1cc2cc(F)ccc2[nH]1. The highest BCUT2D eigenvalue weighted by atomic mass is 19.1. The predicted octanol–water partition coefficient (Wildman–Crippen LogP) is 1.51. The molecule has 0 saturated carbocycles. The average molecular weight is 223 g/mol.